The van der Waals surface area contributed by atoms with Crippen LogP contribution < -0.4 is 20.6 Å². The number of carbonyl (C=O) groups is 1. The second-order valence-corrected chi connectivity index (χ2v) is 12.2. The SMILES string of the molecule is CCCOC(=O)C(C)(C)NP(=O)(CO[C@H](C)Cn1cnc2c(N)ncnc21)N[C@H](C)c1ccc(OC(F)(F)F)cc1. The molecule has 3 aromatic rings. The van der Waals surface area contributed by atoms with Crippen LogP contribution in [0.25, 0.3) is 11.2 Å². The van der Waals surface area contributed by atoms with Crippen LogP contribution >= 0.6 is 7.44 Å². The van der Waals surface area contributed by atoms with E-state index < -0.39 is 37.5 Å². The molecular weight excluding hydrogens is 566 g/mol. The molecule has 41 heavy (non-hydrogen) atoms. The summed E-state index contributed by atoms with van der Waals surface area (Å²) in [6.07, 6.45) is -2.14. The summed E-state index contributed by atoms with van der Waals surface area (Å²) in [5, 5.41) is 5.88. The maximum atomic E-state index is 14.2. The maximum absolute atomic E-state index is 14.2. The molecule has 0 aliphatic heterocycles. The Morgan fingerprint density at radius 3 is 2.46 bits per heavy atom. The zero-order valence-corrected chi connectivity index (χ0v) is 24.3. The molecule has 12 nitrogen and oxygen atoms in total. The van der Waals surface area contributed by atoms with Crippen LogP contribution in [0.2, 0.25) is 0 Å². The van der Waals surface area contributed by atoms with Gasteiger partial charge in [-0.3, -0.25) is 9.36 Å². The van der Waals surface area contributed by atoms with Crippen LogP contribution in [0, 0.1) is 0 Å². The molecule has 3 atom stereocenters. The molecule has 2 heterocycles. The van der Waals surface area contributed by atoms with Gasteiger partial charge in [0.15, 0.2) is 11.5 Å². The summed E-state index contributed by atoms with van der Waals surface area (Å²) in [5.41, 5.74) is 5.98. The lowest BCUT2D eigenvalue weighted by molar-refractivity contribution is -0.274. The molecule has 226 valence electrons. The van der Waals surface area contributed by atoms with Crippen LogP contribution in [-0.4, -0.2) is 56.4 Å². The van der Waals surface area contributed by atoms with E-state index in [9.17, 15) is 22.5 Å². The lowest BCUT2D eigenvalue weighted by Crippen LogP contribution is -2.49. The van der Waals surface area contributed by atoms with Crippen LogP contribution in [0.5, 0.6) is 5.75 Å². The molecule has 0 saturated heterocycles. The molecule has 1 unspecified atom stereocenters. The normalized spacial score (nSPS) is 15.3. The van der Waals surface area contributed by atoms with Crippen LogP contribution in [0.1, 0.15) is 52.6 Å². The fraction of sp³-hybridized carbons (Fsp3) is 0.520. The fourth-order valence-electron chi connectivity index (χ4n) is 3.91. The molecule has 0 bridgehead atoms. The van der Waals surface area contributed by atoms with E-state index in [1.165, 1.54) is 18.5 Å². The van der Waals surface area contributed by atoms with Gasteiger partial charge in [0.2, 0.25) is 7.44 Å². The number of nitrogen functional groups attached to an aromatic ring is 1. The van der Waals surface area contributed by atoms with Gasteiger partial charge < -0.3 is 24.5 Å². The van der Waals surface area contributed by atoms with Crippen molar-refractivity contribution >= 4 is 30.4 Å². The predicted molar refractivity (Wildman–Crippen MR) is 146 cm³/mol. The number of hydrogen-bond acceptors (Lipinski definition) is 9. The van der Waals surface area contributed by atoms with E-state index in [1.807, 2.05) is 6.92 Å². The number of aromatic nitrogens is 4. The van der Waals surface area contributed by atoms with Crippen molar-refractivity contribution in [2.75, 3.05) is 18.7 Å². The zero-order chi connectivity index (χ0) is 30.4. The molecule has 0 radical (unpaired) electrons. The van der Waals surface area contributed by atoms with Crippen molar-refractivity contribution in [3.05, 3.63) is 42.5 Å². The Hall–Kier alpha value is -3.26. The molecule has 0 fully saturated rings. The molecular formula is C25H35F3N7O5P. The summed E-state index contributed by atoms with van der Waals surface area (Å²) >= 11 is 0. The number of rotatable bonds is 14. The summed E-state index contributed by atoms with van der Waals surface area (Å²) in [7, 11) is -3.70. The third-order valence-corrected chi connectivity index (χ3v) is 8.09. The van der Waals surface area contributed by atoms with E-state index in [1.54, 1.807) is 38.6 Å². The first kappa shape index (κ1) is 32.3. The lowest BCUT2D eigenvalue weighted by Gasteiger charge is -2.33. The van der Waals surface area contributed by atoms with Gasteiger partial charge in [0, 0.05) is 6.04 Å². The highest BCUT2D eigenvalue weighted by Crippen LogP contribution is 2.42. The molecule has 4 N–H and O–H groups in total. The maximum Gasteiger partial charge on any atom is 0.573 e. The van der Waals surface area contributed by atoms with Crippen molar-refractivity contribution in [3.63, 3.8) is 0 Å². The summed E-state index contributed by atoms with van der Waals surface area (Å²) in [6, 6.07) is 4.55. The van der Waals surface area contributed by atoms with E-state index in [4.69, 9.17) is 15.2 Å². The molecule has 16 heteroatoms. The van der Waals surface area contributed by atoms with Gasteiger partial charge in [-0.15, -0.1) is 13.2 Å². The van der Waals surface area contributed by atoms with Gasteiger partial charge in [-0.05, 0) is 51.8 Å². The van der Waals surface area contributed by atoms with E-state index in [0.29, 0.717) is 29.7 Å². The Kier molecular flexibility index (Phi) is 10.3. The fourth-order valence-corrected chi connectivity index (χ4v) is 6.35. The largest absolute Gasteiger partial charge is 0.573 e. The van der Waals surface area contributed by atoms with Gasteiger partial charge in [0.05, 0.1) is 25.6 Å². The third-order valence-electron chi connectivity index (χ3n) is 5.85. The van der Waals surface area contributed by atoms with Crippen LogP contribution in [-0.2, 0) is 25.4 Å². The third kappa shape index (κ3) is 9.12. The second-order valence-electron chi connectivity index (χ2n) is 10.0. The molecule has 3 rings (SSSR count). The number of fused-ring (bicyclic) bond motifs is 1. The van der Waals surface area contributed by atoms with Crippen LogP contribution in [0.4, 0.5) is 19.0 Å². The monoisotopic (exact) mass is 601 g/mol. The van der Waals surface area contributed by atoms with Crippen LogP contribution in [0.15, 0.2) is 36.9 Å². The number of alkyl halides is 3. The number of anilines is 1. The van der Waals surface area contributed by atoms with Gasteiger partial charge in [-0.2, -0.15) is 0 Å². The van der Waals surface area contributed by atoms with E-state index in [0.717, 1.165) is 12.1 Å². The molecule has 0 amide bonds. The quantitative estimate of drug-likeness (QED) is 0.176. The van der Waals surface area contributed by atoms with Crippen molar-refractivity contribution < 1.29 is 36.7 Å². The number of benzene rings is 1. The molecule has 0 saturated carbocycles. The first-order valence-corrected chi connectivity index (χ1v) is 14.7. The van der Waals surface area contributed by atoms with E-state index >= 15 is 0 Å². The number of nitrogens with one attached hydrogen (secondary N) is 2. The van der Waals surface area contributed by atoms with Crippen molar-refractivity contribution in [2.45, 2.75) is 71.6 Å². The van der Waals surface area contributed by atoms with Crippen molar-refractivity contribution in [1.82, 2.24) is 29.7 Å². The smallest absolute Gasteiger partial charge is 0.464 e. The zero-order valence-electron chi connectivity index (χ0n) is 23.4. The summed E-state index contributed by atoms with van der Waals surface area (Å²) < 4.78 is 68.7. The average molecular weight is 602 g/mol. The minimum Gasteiger partial charge on any atom is -0.464 e. The summed E-state index contributed by atoms with van der Waals surface area (Å²) in [4.78, 5) is 25.1. The van der Waals surface area contributed by atoms with Crippen molar-refractivity contribution in [2.24, 2.45) is 0 Å². The first-order chi connectivity index (χ1) is 19.1. The molecule has 1 aromatic carbocycles. The van der Waals surface area contributed by atoms with E-state index in [-0.39, 0.29) is 24.5 Å². The van der Waals surface area contributed by atoms with Crippen LogP contribution in [0.3, 0.4) is 0 Å². The van der Waals surface area contributed by atoms with Gasteiger partial charge >= 0.3 is 12.3 Å². The van der Waals surface area contributed by atoms with Gasteiger partial charge in [0.1, 0.15) is 29.5 Å². The number of ether oxygens (including phenoxy) is 3. The Balaban J connectivity index is 1.76. The Bertz CT molecular complexity index is 1370. The Morgan fingerprint density at radius 1 is 1.15 bits per heavy atom. The van der Waals surface area contributed by atoms with Gasteiger partial charge in [-0.1, -0.05) is 19.1 Å². The Labute approximate surface area is 235 Å². The number of nitrogens with zero attached hydrogens (tertiary/aromatic N) is 4. The first-order valence-electron chi connectivity index (χ1n) is 12.8. The molecule has 0 aliphatic carbocycles. The molecule has 0 aliphatic rings. The number of imidazole rings is 1. The molecule has 2 aromatic heterocycles. The van der Waals surface area contributed by atoms with Crippen molar-refractivity contribution in [3.8, 4) is 5.75 Å². The van der Waals surface area contributed by atoms with Gasteiger partial charge in [-0.25, -0.2) is 25.1 Å². The minimum absolute atomic E-state index is 0.199. The van der Waals surface area contributed by atoms with Crippen molar-refractivity contribution in [1.29, 1.82) is 0 Å². The number of halogens is 3. The number of nitrogens with two attached hydrogens (primary N) is 1. The average Bonchev–Trinajstić information content (AvgIpc) is 3.29. The number of hydrogen-bond donors (Lipinski definition) is 3. The number of esters is 1. The highest BCUT2D eigenvalue weighted by atomic mass is 31.2. The van der Waals surface area contributed by atoms with E-state index in [2.05, 4.69) is 29.9 Å². The minimum atomic E-state index is -4.82. The summed E-state index contributed by atoms with van der Waals surface area (Å²) in [5.74, 6) is -0.743. The number of carbonyl (C=O) groups excluding carboxylic acids is 1. The standard InChI is InChI=1S/C25H35F3N7O5P/c1-6-11-38-23(36)24(4,5)34-41(37,33-17(3)18-7-9-19(10-8-18)40-25(26,27)28)15-39-16(2)12-35-14-32-20-21(29)30-13-31-22(20)35/h7-10,13-14,16-17H,6,11-12,15H2,1-5H3,(H2,29,30,31)(H2,33,34,37)/t16-,17-,41?/m1/s1. The predicted octanol–water partition coefficient (Wildman–Crippen LogP) is 4.54. The topological polar surface area (TPSA) is 156 Å². The second kappa shape index (κ2) is 13.1. The highest BCUT2D eigenvalue weighted by Gasteiger charge is 2.38. The Morgan fingerprint density at radius 2 is 1.83 bits per heavy atom. The highest BCUT2D eigenvalue weighted by molar-refractivity contribution is 7.59. The lowest BCUT2D eigenvalue weighted by atomic mass is 10.1. The summed E-state index contributed by atoms with van der Waals surface area (Å²) in [6.45, 7) is 8.88. The van der Waals surface area contributed by atoms with Gasteiger partial charge in [0.25, 0.3) is 0 Å². The molecule has 0 spiro atoms.